The molecule has 0 bridgehead atoms. The highest BCUT2D eigenvalue weighted by molar-refractivity contribution is 6.73. The zero-order valence-electron chi connectivity index (χ0n) is 37.2. The zero-order valence-corrected chi connectivity index (χ0v) is 37.2. The van der Waals surface area contributed by atoms with Gasteiger partial charge in [-0.15, -0.1) is 0 Å². The molecular weight excluding hydrogens is 824 g/mol. The van der Waals surface area contributed by atoms with Crippen LogP contribution in [0.5, 0.6) is 0 Å². The van der Waals surface area contributed by atoms with Gasteiger partial charge in [-0.2, -0.15) is 0 Å². The second kappa shape index (κ2) is 16.5. The van der Waals surface area contributed by atoms with Crippen LogP contribution in [-0.4, -0.2) is 7.28 Å². The van der Waals surface area contributed by atoms with E-state index >= 15 is 0 Å². The van der Waals surface area contributed by atoms with Gasteiger partial charge in [-0.1, -0.05) is 194 Å². The van der Waals surface area contributed by atoms with Gasteiger partial charge in [-0.25, -0.2) is 0 Å². The fourth-order valence-corrected chi connectivity index (χ4v) is 10.3. The number of anilines is 5. The summed E-state index contributed by atoms with van der Waals surface area (Å²) in [5.41, 5.74) is 21.2. The van der Waals surface area contributed by atoms with Crippen molar-refractivity contribution < 1.29 is 4.42 Å². The van der Waals surface area contributed by atoms with Crippen molar-refractivity contribution in [3.8, 4) is 55.6 Å². The number of hydrogen-bond donors (Lipinski definition) is 1. The van der Waals surface area contributed by atoms with Gasteiger partial charge in [0, 0.05) is 39.1 Å². The monoisotopic (exact) mass is 866 g/mol. The van der Waals surface area contributed by atoms with E-state index in [1.165, 1.54) is 55.4 Å². The molecule has 0 saturated carbocycles. The first-order valence-electron chi connectivity index (χ1n) is 23.4. The molecule has 2 heterocycles. The van der Waals surface area contributed by atoms with E-state index < -0.39 is 0 Å². The van der Waals surface area contributed by atoms with Crippen LogP contribution in [0.2, 0.25) is 0 Å². The van der Waals surface area contributed by atoms with Crippen molar-refractivity contribution in [2.75, 3.05) is 10.2 Å². The van der Waals surface area contributed by atoms with Gasteiger partial charge in [0.05, 0.1) is 5.69 Å². The lowest BCUT2D eigenvalue weighted by atomic mass is 9.57. The molecule has 0 unspecified atom stereocenters. The maximum atomic E-state index is 7.06. The molecule has 1 aromatic heterocycles. The maximum Gasteiger partial charge on any atom is 0.198 e. The molecule has 0 radical (unpaired) electrons. The number of fused-ring (bicyclic) bond motifs is 6. The Bertz CT molecular complexity index is 3810. The average Bonchev–Trinajstić information content (AvgIpc) is 3.78. The van der Waals surface area contributed by atoms with E-state index in [-0.39, 0.29) is 0 Å². The second-order valence-corrected chi connectivity index (χ2v) is 17.8. The lowest BCUT2D eigenvalue weighted by Gasteiger charge is -2.36. The predicted molar refractivity (Wildman–Crippen MR) is 289 cm³/mol. The van der Waals surface area contributed by atoms with Crippen molar-refractivity contribution in [3.05, 3.63) is 249 Å². The van der Waals surface area contributed by atoms with Crippen LogP contribution in [0.15, 0.2) is 253 Å². The van der Waals surface area contributed by atoms with Gasteiger partial charge in [0.15, 0.2) is 12.9 Å². The number of furan rings is 1. The van der Waals surface area contributed by atoms with Gasteiger partial charge in [-0.3, -0.25) is 0 Å². The van der Waals surface area contributed by atoms with Crippen LogP contribution >= 0.6 is 0 Å². The quantitative estimate of drug-likeness (QED) is 0.154. The SMILES string of the molecule is B1c2cc(-c3ccccc3)ccc2N(c2ccc(-c3ccccc3)cc2)c2cc(-c3ccccc3)cc(-c3ccc4c(oc5cc6ccccc6cc54)c3Nc3ccc(-c4ccccc4)cc3)c21. The van der Waals surface area contributed by atoms with Crippen LogP contribution in [-0.2, 0) is 0 Å². The second-order valence-electron chi connectivity index (χ2n) is 17.8. The molecule has 0 amide bonds. The summed E-state index contributed by atoms with van der Waals surface area (Å²) >= 11 is 0. The minimum absolute atomic E-state index is 0.739. The number of rotatable bonds is 8. The molecule has 0 atom stereocenters. The number of benzene rings is 11. The molecule has 0 spiro atoms. The molecule has 1 N–H and O–H groups in total. The van der Waals surface area contributed by atoms with Gasteiger partial charge in [0.1, 0.15) is 5.58 Å². The highest BCUT2D eigenvalue weighted by Gasteiger charge is 2.30. The third-order valence-corrected chi connectivity index (χ3v) is 13.7. The van der Waals surface area contributed by atoms with Crippen LogP contribution in [0.25, 0.3) is 88.3 Å². The van der Waals surface area contributed by atoms with E-state index in [4.69, 9.17) is 4.42 Å². The molecular formula is C64H43BN2O. The van der Waals surface area contributed by atoms with E-state index in [0.29, 0.717) is 0 Å². The van der Waals surface area contributed by atoms with E-state index in [1.807, 2.05) is 0 Å². The first kappa shape index (κ1) is 39.5. The van der Waals surface area contributed by atoms with Crippen LogP contribution in [0.4, 0.5) is 28.4 Å². The Morgan fingerprint density at radius 3 is 1.53 bits per heavy atom. The van der Waals surface area contributed by atoms with Crippen molar-refractivity contribution in [2.45, 2.75) is 0 Å². The minimum atomic E-state index is 0.739. The number of nitrogens with one attached hydrogen (secondary N) is 1. The van der Waals surface area contributed by atoms with Gasteiger partial charge in [0.2, 0.25) is 0 Å². The molecule has 12 aromatic rings. The fourth-order valence-electron chi connectivity index (χ4n) is 10.3. The summed E-state index contributed by atoms with van der Waals surface area (Å²) in [7, 11) is 0.739. The lowest BCUT2D eigenvalue weighted by Crippen LogP contribution is -2.41. The van der Waals surface area contributed by atoms with Crippen molar-refractivity contribution in [3.63, 3.8) is 0 Å². The van der Waals surface area contributed by atoms with Gasteiger partial charge < -0.3 is 14.6 Å². The van der Waals surface area contributed by atoms with Crippen LogP contribution in [0, 0.1) is 0 Å². The molecule has 0 fully saturated rings. The summed E-state index contributed by atoms with van der Waals surface area (Å²) in [6, 6.07) is 89.8. The average molecular weight is 867 g/mol. The Hall–Kier alpha value is -8.86. The normalized spacial score (nSPS) is 11.9. The summed E-state index contributed by atoms with van der Waals surface area (Å²) in [5.74, 6) is 0. The Morgan fingerprint density at radius 1 is 0.368 bits per heavy atom. The fraction of sp³-hybridized carbons (Fsp3) is 0. The molecule has 11 aromatic carbocycles. The molecule has 13 rings (SSSR count). The molecule has 68 heavy (non-hydrogen) atoms. The highest BCUT2D eigenvalue weighted by Crippen LogP contribution is 2.46. The third kappa shape index (κ3) is 7.02. The maximum absolute atomic E-state index is 7.06. The summed E-state index contributed by atoms with van der Waals surface area (Å²) in [4.78, 5) is 2.48. The van der Waals surface area contributed by atoms with E-state index in [2.05, 4.69) is 259 Å². The summed E-state index contributed by atoms with van der Waals surface area (Å²) in [5, 5.41) is 8.48. The largest absolute Gasteiger partial charge is 0.454 e. The van der Waals surface area contributed by atoms with Crippen LogP contribution in [0.3, 0.4) is 0 Å². The van der Waals surface area contributed by atoms with Crippen molar-refractivity contribution in [1.29, 1.82) is 0 Å². The van der Waals surface area contributed by atoms with Crippen molar-refractivity contribution in [2.24, 2.45) is 0 Å². The summed E-state index contributed by atoms with van der Waals surface area (Å²) in [6.07, 6.45) is 0. The molecule has 4 heteroatoms. The standard InChI is InChI=1S/C64H43BN2O/c1-5-15-42(16-6-1)46-25-30-52(31-26-46)66-63-54(34-35-55-56-37-48-23-13-14-24-49(48)41-61(56)68-64(55)63)57-38-51(45-21-11-4-12-22-45)40-60-62(57)65-58-39-50(44-19-9-3-10-20-44)29-36-59(58)67(60)53-32-27-47(28-33-53)43-17-7-2-8-18-43/h1-41,65-66H. The predicted octanol–water partition coefficient (Wildman–Crippen LogP) is 16.0. The van der Waals surface area contributed by atoms with E-state index in [1.54, 1.807) is 0 Å². The van der Waals surface area contributed by atoms with E-state index in [0.717, 1.165) is 79.6 Å². The molecule has 0 saturated heterocycles. The molecule has 1 aliphatic heterocycles. The van der Waals surface area contributed by atoms with E-state index in [9.17, 15) is 0 Å². The highest BCUT2D eigenvalue weighted by atomic mass is 16.3. The molecule has 3 nitrogen and oxygen atoms in total. The van der Waals surface area contributed by atoms with Crippen molar-refractivity contribution in [1.82, 2.24) is 0 Å². The summed E-state index contributed by atoms with van der Waals surface area (Å²) in [6.45, 7) is 0. The first-order chi connectivity index (χ1) is 33.7. The molecule has 1 aliphatic rings. The third-order valence-electron chi connectivity index (χ3n) is 13.7. The Labute approximate surface area is 396 Å². The zero-order chi connectivity index (χ0) is 45.0. The molecule has 318 valence electrons. The minimum Gasteiger partial charge on any atom is -0.454 e. The van der Waals surface area contributed by atoms with Gasteiger partial charge >= 0.3 is 0 Å². The lowest BCUT2D eigenvalue weighted by molar-refractivity contribution is 0.671. The smallest absolute Gasteiger partial charge is 0.198 e. The van der Waals surface area contributed by atoms with Gasteiger partial charge in [0.25, 0.3) is 0 Å². The Kier molecular flexibility index (Phi) is 9.61. The first-order valence-corrected chi connectivity index (χ1v) is 23.4. The van der Waals surface area contributed by atoms with Gasteiger partial charge in [-0.05, 0) is 127 Å². The van der Waals surface area contributed by atoms with Crippen molar-refractivity contribution >= 4 is 79.4 Å². The topological polar surface area (TPSA) is 28.4 Å². The van der Waals surface area contributed by atoms with Crippen LogP contribution in [0.1, 0.15) is 0 Å². The molecule has 0 aliphatic carbocycles. The summed E-state index contributed by atoms with van der Waals surface area (Å²) < 4.78 is 7.06. The van der Waals surface area contributed by atoms with Crippen LogP contribution < -0.4 is 21.1 Å². The number of hydrogen-bond acceptors (Lipinski definition) is 3. The Morgan fingerprint density at radius 2 is 0.897 bits per heavy atom. The Balaban J connectivity index is 1.06. The number of nitrogens with zero attached hydrogens (tertiary/aromatic N) is 1.